The van der Waals surface area contributed by atoms with Crippen LogP contribution < -0.4 is 0 Å². The van der Waals surface area contributed by atoms with Crippen molar-refractivity contribution in [3.05, 3.63) is 0 Å². The van der Waals surface area contributed by atoms with Gasteiger partial charge in [0, 0.05) is 6.16 Å². The van der Waals surface area contributed by atoms with Crippen molar-refractivity contribution in [2.24, 2.45) is 0 Å². The van der Waals surface area contributed by atoms with Gasteiger partial charge in [0.15, 0.2) is 0 Å². The van der Waals surface area contributed by atoms with Gasteiger partial charge in [0.2, 0.25) is 8.03 Å². The standard InChI is InChI=1S/C3H7O3P/c4-7-3-1-2-5-6-7/h7H,1-3H2. The van der Waals surface area contributed by atoms with E-state index in [0.29, 0.717) is 12.8 Å². The molecule has 1 rings (SSSR count). The molecule has 0 bridgehead atoms. The first-order valence-corrected chi connectivity index (χ1v) is 3.74. The zero-order chi connectivity index (χ0) is 5.11. The first-order chi connectivity index (χ1) is 3.39. The Bertz CT molecular complexity index is 74.2. The van der Waals surface area contributed by atoms with Crippen LogP contribution >= 0.6 is 8.03 Å². The largest absolute Gasteiger partial charge is 0.293 e. The maximum Gasteiger partial charge on any atom is 0.225 e. The lowest BCUT2D eigenvalue weighted by molar-refractivity contribution is -0.208. The Morgan fingerprint density at radius 1 is 1.57 bits per heavy atom. The van der Waals surface area contributed by atoms with Gasteiger partial charge in [0.1, 0.15) is 0 Å². The summed E-state index contributed by atoms with van der Waals surface area (Å²) >= 11 is 0. The van der Waals surface area contributed by atoms with Crippen molar-refractivity contribution in [2.75, 3.05) is 12.8 Å². The van der Waals surface area contributed by atoms with E-state index in [2.05, 4.69) is 9.56 Å². The Morgan fingerprint density at radius 3 is 2.71 bits per heavy atom. The fraction of sp³-hybridized carbons (Fsp3) is 1.00. The average molecular weight is 122 g/mol. The first kappa shape index (κ1) is 5.29. The fourth-order valence-electron chi connectivity index (χ4n) is 0.424. The van der Waals surface area contributed by atoms with E-state index >= 15 is 0 Å². The Hall–Kier alpha value is 0.150. The van der Waals surface area contributed by atoms with Gasteiger partial charge < -0.3 is 0 Å². The van der Waals surface area contributed by atoms with E-state index in [9.17, 15) is 4.57 Å². The zero-order valence-electron chi connectivity index (χ0n) is 3.85. The fourth-order valence-corrected chi connectivity index (χ4v) is 1.16. The molecule has 1 unspecified atom stereocenters. The molecule has 7 heavy (non-hydrogen) atoms. The zero-order valence-corrected chi connectivity index (χ0v) is 4.85. The van der Waals surface area contributed by atoms with E-state index in [1.807, 2.05) is 0 Å². The summed E-state index contributed by atoms with van der Waals surface area (Å²) in [5.74, 6) is 0. The lowest BCUT2D eigenvalue weighted by Gasteiger charge is -2.07. The van der Waals surface area contributed by atoms with Crippen molar-refractivity contribution in [3.8, 4) is 0 Å². The molecular formula is C3H7O3P. The second-order valence-corrected chi connectivity index (χ2v) is 2.79. The second-order valence-electron chi connectivity index (χ2n) is 1.38. The highest BCUT2D eigenvalue weighted by molar-refractivity contribution is 7.38. The second kappa shape index (κ2) is 2.46. The van der Waals surface area contributed by atoms with E-state index in [-0.39, 0.29) is 0 Å². The van der Waals surface area contributed by atoms with Crippen LogP contribution in [0.15, 0.2) is 0 Å². The molecule has 0 aromatic heterocycles. The van der Waals surface area contributed by atoms with Crippen LogP contribution in [0.2, 0.25) is 0 Å². The quantitative estimate of drug-likeness (QED) is 0.352. The van der Waals surface area contributed by atoms with Gasteiger partial charge in [-0.25, -0.2) is 4.89 Å². The lowest BCUT2D eigenvalue weighted by atomic mass is 10.5. The third-order valence-electron chi connectivity index (χ3n) is 0.760. The van der Waals surface area contributed by atoms with Crippen molar-refractivity contribution in [3.63, 3.8) is 0 Å². The van der Waals surface area contributed by atoms with Crippen LogP contribution in [0.25, 0.3) is 0 Å². The summed E-state index contributed by atoms with van der Waals surface area (Å²) in [4.78, 5) is 4.41. The predicted molar refractivity (Wildman–Crippen MR) is 25.5 cm³/mol. The third-order valence-corrected chi connectivity index (χ3v) is 1.83. The monoisotopic (exact) mass is 122 g/mol. The van der Waals surface area contributed by atoms with Crippen LogP contribution in [-0.4, -0.2) is 12.8 Å². The molecule has 0 aromatic carbocycles. The third kappa shape index (κ3) is 1.59. The van der Waals surface area contributed by atoms with Gasteiger partial charge in [-0.3, -0.25) is 4.57 Å². The molecular weight excluding hydrogens is 115 g/mol. The molecule has 0 aromatic rings. The summed E-state index contributed by atoms with van der Waals surface area (Å²) < 4.78 is 14.6. The predicted octanol–water partition coefficient (Wildman–Crippen LogP) is 0.813. The Morgan fingerprint density at radius 2 is 2.43 bits per heavy atom. The summed E-state index contributed by atoms with van der Waals surface area (Å²) in [5.41, 5.74) is 0. The van der Waals surface area contributed by atoms with Crippen LogP contribution in [0.5, 0.6) is 0 Å². The Kier molecular flexibility index (Phi) is 1.86. The molecule has 4 heteroatoms. The first-order valence-electron chi connectivity index (χ1n) is 2.22. The molecule has 42 valence electrons. The summed E-state index contributed by atoms with van der Waals surface area (Å²) in [6.07, 6.45) is 1.56. The van der Waals surface area contributed by atoms with Gasteiger partial charge in [0.05, 0.1) is 6.61 Å². The highest BCUT2D eigenvalue weighted by atomic mass is 31.1. The number of hydrogen-bond donors (Lipinski definition) is 0. The van der Waals surface area contributed by atoms with Crippen molar-refractivity contribution >= 4 is 8.03 Å². The minimum atomic E-state index is -1.77. The average Bonchev–Trinajstić information content (AvgIpc) is 1.69. The van der Waals surface area contributed by atoms with Crippen LogP contribution in [0, 0.1) is 0 Å². The maximum atomic E-state index is 10.3. The Labute approximate surface area is 42.4 Å². The molecule has 1 fully saturated rings. The molecule has 0 saturated carbocycles. The van der Waals surface area contributed by atoms with E-state index in [1.165, 1.54) is 0 Å². The van der Waals surface area contributed by atoms with Gasteiger partial charge in [-0.05, 0) is 6.42 Å². The minimum absolute atomic E-state index is 0.594. The van der Waals surface area contributed by atoms with Crippen molar-refractivity contribution < 1.29 is 14.1 Å². The summed E-state index contributed by atoms with van der Waals surface area (Å²) in [5, 5.41) is 0. The highest BCUT2D eigenvalue weighted by Gasteiger charge is 2.05. The van der Waals surface area contributed by atoms with Crippen LogP contribution in [0.3, 0.4) is 0 Å². The van der Waals surface area contributed by atoms with Gasteiger partial charge in [-0.1, -0.05) is 0 Å². The molecule has 1 aliphatic heterocycles. The Balaban J connectivity index is 2.25. The van der Waals surface area contributed by atoms with Crippen molar-refractivity contribution in [1.82, 2.24) is 0 Å². The van der Waals surface area contributed by atoms with E-state index in [4.69, 9.17) is 0 Å². The van der Waals surface area contributed by atoms with Gasteiger partial charge in [0.25, 0.3) is 0 Å². The minimum Gasteiger partial charge on any atom is -0.293 e. The topological polar surface area (TPSA) is 35.5 Å². The molecule has 0 amide bonds. The molecule has 1 saturated heterocycles. The summed E-state index contributed by atoms with van der Waals surface area (Å²) in [6, 6.07) is 0. The molecule has 1 heterocycles. The number of rotatable bonds is 0. The molecule has 3 nitrogen and oxygen atoms in total. The normalized spacial score (nSPS) is 32.9. The van der Waals surface area contributed by atoms with Crippen LogP contribution in [0.4, 0.5) is 0 Å². The molecule has 0 radical (unpaired) electrons. The highest BCUT2D eigenvalue weighted by Crippen LogP contribution is 2.26. The maximum absolute atomic E-state index is 10.3. The van der Waals surface area contributed by atoms with Crippen molar-refractivity contribution in [2.45, 2.75) is 6.42 Å². The molecule has 0 spiro atoms. The molecule has 1 aliphatic rings. The van der Waals surface area contributed by atoms with E-state index in [0.717, 1.165) is 6.42 Å². The summed E-state index contributed by atoms with van der Waals surface area (Å²) in [6.45, 7) is 0.594. The van der Waals surface area contributed by atoms with Gasteiger partial charge in [-0.15, -0.1) is 0 Å². The lowest BCUT2D eigenvalue weighted by Crippen LogP contribution is -2.00. The van der Waals surface area contributed by atoms with Crippen LogP contribution in [0.1, 0.15) is 6.42 Å². The molecule has 1 atom stereocenters. The van der Waals surface area contributed by atoms with E-state index < -0.39 is 8.03 Å². The van der Waals surface area contributed by atoms with Gasteiger partial charge >= 0.3 is 0 Å². The smallest absolute Gasteiger partial charge is 0.225 e. The van der Waals surface area contributed by atoms with Crippen molar-refractivity contribution in [1.29, 1.82) is 0 Å². The van der Waals surface area contributed by atoms with Gasteiger partial charge in [-0.2, -0.15) is 4.67 Å². The van der Waals surface area contributed by atoms with E-state index in [1.54, 1.807) is 0 Å². The van der Waals surface area contributed by atoms with Crippen LogP contribution in [-0.2, 0) is 14.1 Å². The summed E-state index contributed by atoms with van der Waals surface area (Å²) in [7, 11) is -1.77. The number of hydrogen-bond acceptors (Lipinski definition) is 3. The molecule has 0 N–H and O–H groups in total. The SMILES string of the molecule is O=[PH]1CCCOO1. The molecule has 0 aliphatic carbocycles.